The van der Waals surface area contributed by atoms with Crippen molar-refractivity contribution in [3.63, 3.8) is 0 Å². The van der Waals surface area contributed by atoms with E-state index in [1.165, 1.54) is 0 Å². The van der Waals surface area contributed by atoms with Gasteiger partial charge in [0.05, 0.1) is 18.0 Å². The van der Waals surface area contributed by atoms with Gasteiger partial charge in [-0.1, -0.05) is 23.7 Å². The Bertz CT molecular complexity index is 577. The van der Waals surface area contributed by atoms with Crippen LogP contribution in [0.4, 0.5) is 0 Å². The van der Waals surface area contributed by atoms with Crippen molar-refractivity contribution in [1.82, 2.24) is 15.5 Å². The maximum atomic E-state index is 9.54. The van der Waals surface area contributed by atoms with Crippen LogP contribution in [-0.4, -0.2) is 27.4 Å². The van der Waals surface area contributed by atoms with Gasteiger partial charge in [0.1, 0.15) is 0 Å². The summed E-state index contributed by atoms with van der Waals surface area (Å²) in [6.45, 7) is 0.787. The van der Waals surface area contributed by atoms with E-state index in [9.17, 15) is 5.11 Å². The highest BCUT2D eigenvalue weighted by atomic mass is 35.5. The first kappa shape index (κ1) is 17.3. The van der Waals surface area contributed by atoms with Gasteiger partial charge in [-0.25, -0.2) is 0 Å². The summed E-state index contributed by atoms with van der Waals surface area (Å²) in [4.78, 5) is 0. The second kappa shape index (κ2) is 7.97. The van der Waals surface area contributed by atoms with Crippen LogP contribution >= 0.6 is 24.0 Å². The van der Waals surface area contributed by atoms with E-state index in [0.29, 0.717) is 6.04 Å². The lowest BCUT2D eigenvalue weighted by molar-refractivity contribution is 0.116. The largest absolute Gasteiger partial charge is 0.393 e. The molecule has 1 aromatic carbocycles. The average molecular weight is 342 g/mol. The van der Waals surface area contributed by atoms with Crippen LogP contribution in [-0.2, 0) is 6.54 Å². The molecule has 0 amide bonds. The molecule has 0 unspecified atom stereocenters. The Kier molecular flexibility index (Phi) is 6.26. The number of benzene rings is 1. The Balaban J connectivity index is 0.00000176. The monoisotopic (exact) mass is 341 g/mol. The fourth-order valence-corrected chi connectivity index (χ4v) is 2.97. The van der Waals surface area contributed by atoms with Crippen molar-refractivity contribution in [2.75, 3.05) is 0 Å². The number of aliphatic hydroxyl groups is 1. The zero-order valence-electron chi connectivity index (χ0n) is 12.3. The van der Waals surface area contributed by atoms with Gasteiger partial charge in [0.25, 0.3) is 0 Å². The molecule has 3 N–H and O–H groups in total. The first-order valence-corrected chi connectivity index (χ1v) is 7.80. The molecule has 1 fully saturated rings. The molecular formula is C16H21Cl2N3O. The minimum absolute atomic E-state index is 0. The Morgan fingerprint density at radius 3 is 2.55 bits per heavy atom. The van der Waals surface area contributed by atoms with E-state index in [1.54, 1.807) is 0 Å². The quantitative estimate of drug-likeness (QED) is 0.796. The molecule has 1 aliphatic rings. The molecule has 0 spiro atoms. The number of aromatic nitrogens is 2. The number of nitrogens with zero attached hydrogens (tertiary/aromatic N) is 1. The van der Waals surface area contributed by atoms with E-state index in [-0.39, 0.29) is 18.5 Å². The first-order valence-electron chi connectivity index (χ1n) is 7.42. The van der Waals surface area contributed by atoms with Gasteiger partial charge in [0.2, 0.25) is 0 Å². The number of rotatable bonds is 4. The minimum Gasteiger partial charge on any atom is -0.393 e. The van der Waals surface area contributed by atoms with Crippen LogP contribution in [0.1, 0.15) is 31.2 Å². The Morgan fingerprint density at radius 1 is 1.18 bits per heavy atom. The fourth-order valence-electron chi connectivity index (χ4n) is 2.85. The van der Waals surface area contributed by atoms with Crippen LogP contribution in [0, 0.1) is 0 Å². The normalized spacial score (nSPS) is 21.4. The van der Waals surface area contributed by atoms with Gasteiger partial charge in [-0.15, -0.1) is 12.4 Å². The van der Waals surface area contributed by atoms with Crippen molar-refractivity contribution in [2.45, 2.75) is 44.4 Å². The molecule has 22 heavy (non-hydrogen) atoms. The maximum absolute atomic E-state index is 9.54. The number of hydrogen-bond donors (Lipinski definition) is 3. The van der Waals surface area contributed by atoms with Crippen molar-refractivity contribution in [1.29, 1.82) is 0 Å². The molecule has 0 atom stereocenters. The highest BCUT2D eigenvalue weighted by molar-refractivity contribution is 6.30. The maximum Gasteiger partial charge on any atom is 0.0695 e. The number of H-pyrrole nitrogens is 1. The van der Waals surface area contributed by atoms with Gasteiger partial charge in [-0.2, -0.15) is 5.10 Å². The van der Waals surface area contributed by atoms with Crippen molar-refractivity contribution in [3.05, 3.63) is 41.0 Å². The van der Waals surface area contributed by atoms with E-state index < -0.39 is 0 Å². The molecule has 1 aromatic heterocycles. The van der Waals surface area contributed by atoms with Crippen LogP contribution in [0.3, 0.4) is 0 Å². The molecule has 3 rings (SSSR count). The Hall–Kier alpha value is -1.07. The van der Waals surface area contributed by atoms with Crippen LogP contribution < -0.4 is 5.32 Å². The molecular weight excluding hydrogens is 321 g/mol. The second-order valence-electron chi connectivity index (χ2n) is 5.66. The van der Waals surface area contributed by atoms with Gasteiger partial charge in [-0.3, -0.25) is 5.10 Å². The number of nitrogens with one attached hydrogen (secondary N) is 2. The molecule has 1 aliphatic carbocycles. The van der Waals surface area contributed by atoms with Crippen LogP contribution in [0.25, 0.3) is 11.3 Å². The third-order valence-corrected chi connectivity index (χ3v) is 4.38. The molecule has 120 valence electrons. The topological polar surface area (TPSA) is 60.9 Å². The lowest BCUT2D eigenvalue weighted by Crippen LogP contribution is -2.34. The summed E-state index contributed by atoms with van der Waals surface area (Å²) >= 11 is 5.93. The summed E-state index contributed by atoms with van der Waals surface area (Å²) in [6, 6.07) is 8.25. The van der Waals surface area contributed by atoms with Gasteiger partial charge in [0.15, 0.2) is 0 Å². The molecule has 1 saturated carbocycles. The van der Waals surface area contributed by atoms with Gasteiger partial charge >= 0.3 is 0 Å². The van der Waals surface area contributed by atoms with Crippen molar-refractivity contribution in [3.8, 4) is 11.3 Å². The zero-order chi connectivity index (χ0) is 14.7. The fraction of sp³-hybridized carbons (Fsp3) is 0.438. The third kappa shape index (κ3) is 4.23. The third-order valence-electron chi connectivity index (χ3n) is 4.13. The SMILES string of the molecule is Cl.OC1CCC(NCc2cn[nH]c2-c2ccc(Cl)cc2)CC1. The standard InChI is InChI=1S/C16H20ClN3O.ClH/c17-13-3-1-11(2-4-13)16-12(10-19-20-16)9-18-14-5-7-15(21)8-6-14;/h1-4,10,14-15,18,21H,5-9H2,(H,19,20);1H. The van der Waals surface area contributed by atoms with Gasteiger partial charge in [0, 0.05) is 23.2 Å². The predicted molar refractivity (Wildman–Crippen MR) is 91.4 cm³/mol. The van der Waals surface area contributed by atoms with Gasteiger partial charge in [-0.05, 0) is 43.4 Å². The zero-order valence-corrected chi connectivity index (χ0v) is 13.8. The van der Waals surface area contributed by atoms with E-state index in [2.05, 4.69) is 15.5 Å². The van der Waals surface area contributed by atoms with Crippen LogP contribution in [0.2, 0.25) is 5.02 Å². The second-order valence-corrected chi connectivity index (χ2v) is 6.10. The summed E-state index contributed by atoms with van der Waals surface area (Å²) in [6.07, 6.45) is 5.63. The van der Waals surface area contributed by atoms with Crippen molar-refractivity contribution in [2.24, 2.45) is 0 Å². The molecule has 6 heteroatoms. The number of halogens is 2. The smallest absolute Gasteiger partial charge is 0.0695 e. The molecule has 0 aliphatic heterocycles. The lowest BCUT2D eigenvalue weighted by Gasteiger charge is -2.26. The minimum atomic E-state index is -0.110. The average Bonchev–Trinajstić information content (AvgIpc) is 2.96. The highest BCUT2D eigenvalue weighted by Gasteiger charge is 2.19. The van der Waals surface area contributed by atoms with Gasteiger partial charge < -0.3 is 10.4 Å². The first-order chi connectivity index (χ1) is 10.2. The molecule has 1 heterocycles. The van der Waals surface area contributed by atoms with E-state index in [0.717, 1.165) is 54.1 Å². The molecule has 2 aromatic rings. The number of aromatic amines is 1. The molecule has 0 radical (unpaired) electrons. The summed E-state index contributed by atoms with van der Waals surface area (Å²) in [5, 5.41) is 21.1. The van der Waals surface area contributed by atoms with Crippen LogP contribution in [0.5, 0.6) is 0 Å². The van der Waals surface area contributed by atoms with Crippen molar-refractivity contribution < 1.29 is 5.11 Å². The van der Waals surface area contributed by atoms with Crippen molar-refractivity contribution >= 4 is 24.0 Å². The highest BCUT2D eigenvalue weighted by Crippen LogP contribution is 2.24. The molecule has 0 bridgehead atoms. The molecule has 0 saturated heterocycles. The van der Waals surface area contributed by atoms with E-state index >= 15 is 0 Å². The van der Waals surface area contributed by atoms with Crippen LogP contribution in [0.15, 0.2) is 30.5 Å². The summed E-state index contributed by atoms with van der Waals surface area (Å²) in [5.74, 6) is 0. The summed E-state index contributed by atoms with van der Waals surface area (Å²) in [7, 11) is 0. The van der Waals surface area contributed by atoms with E-state index in [4.69, 9.17) is 11.6 Å². The summed E-state index contributed by atoms with van der Waals surface area (Å²) in [5.41, 5.74) is 3.28. The predicted octanol–water partition coefficient (Wildman–Crippen LogP) is 3.55. The number of aliphatic hydroxyl groups excluding tert-OH is 1. The number of hydrogen-bond acceptors (Lipinski definition) is 3. The Labute approximate surface area is 141 Å². The summed E-state index contributed by atoms with van der Waals surface area (Å²) < 4.78 is 0. The van der Waals surface area contributed by atoms with E-state index in [1.807, 2.05) is 30.5 Å². The Morgan fingerprint density at radius 2 is 1.86 bits per heavy atom. The lowest BCUT2D eigenvalue weighted by atomic mass is 9.93. The molecule has 4 nitrogen and oxygen atoms in total.